The van der Waals surface area contributed by atoms with Crippen LogP contribution in [0.4, 0.5) is 0 Å². The zero-order chi connectivity index (χ0) is 15.0. The van der Waals surface area contributed by atoms with Gasteiger partial charge in [-0.25, -0.2) is 4.98 Å². The Labute approximate surface area is 125 Å². The van der Waals surface area contributed by atoms with Gasteiger partial charge >= 0.3 is 0 Å². The summed E-state index contributed by atoms with van der Waals surface area (Å²) in [5, 5.41) is 0. The lowest BCUT2D eigenvalue weighted by Gasteiger charge is -2.33. The van der Waals surface area contributed by atoms with Gasteiger partial charge < -0.3 is 9.47 Å². The average Bonchev–Trinajstić information content (AvgIpc) is 2.82. The summed E-state index contributed by atoms with van der Waals surface area (Å²) in [5.74, 6) is 0.208. The highest BCUT2D eigenvalue weighted by molar-refractivity contribution is 5.81. The monoisotopic (exact) mass is 285 g/mol. The minimum absolute atomic E-state index is 0.208. The lowest BCUT2D eigenvalue weighted by molar-refractivity contribution is -0.135. The van der Waals surface area contributed by atoms with Gasteiger partial charge in [-0.3, -0.25) is 4.79 Å². The maximum Gasteiger partial charge on any atom is 0.242 e. The minimum atomic E-state index is 0.208. The van der Waals surface area contributed by atoms with Crippen LogP contribution in [0.15, 0.2) is 18.5 Å². The molecule has 2 aromatic rings. The van der Waals surface area contributed by atoms with Crippen LogP contribution in [0.25, 0.3) is 11.0 Å². The molecule has 1 aromatic heterocycles. The highest BCUT2D eigenvalue weighted by Crippen LogP contribution is 2.20. The predicted molar refractivity (Wildman–Crippen MR) is 84.2 cm³/mol. The van der Waals surface area contributed by atoms with Crippen LogP contribution < -0.4 is 0 Å². The van der Waals surface area contributed by atoms with Crippen molar-refractivity contribution in [3.05, 3.63) is 29.6 Å². The number of amides is 1. The Bertz CT molecular complexity index is 674. The van der Waals surface area contributed by atoms with Crippen molar-refractivity contribution in [3.8, 4) is 0 Å². The van der Waals surface area contributed by atoms with Gasteiger partial charge in [0, 0.05) is 12.6 Å². The number of imidazole rings is 1. The number of piperidine rings is 1. The van der Waals surface area contributed by atoms with Crippen LogP contribution in [0.3, 0.4) is 0 Å². The number of aryl methyl sites for hydroxylation is 2. The fraction of sp³-hybridized carbons (Fsp3) is 0.529. The van der Waals surface area contributed by atoms with E-state index in [0.717, 1.165) is 30.4 Å². The first-order valence-corrected chi connectivity index (χ1v) is 7.78. The fourth-order valence-corrected chi connectivity index (χ4v) is 3.14. The van der Waals surface area contributed by atoms with Gasteiger partial charge in [-0.1, -0.05) is 0 Å². The van der Waals surface area contributed by atoms with Crippen LogP contribution in [-0.2, 0) is 11.3 Å². The molecule has 0 aliphatic carbocycles. The van der Waals surface area contributed by atoms with Gasteiger partial charge in [0.25, 0.3) is 0 Å². The molecule has 1 unspecified atom stereocenters. The zero-order valence-electron chi connectivity index (χ0n) is 13.1. The molecule has 0 saturated carbocycles. The molecule has 2 heterocycles. The molecule has 0 N–H and O–H groups in total. The molecule has 0 spiro atoms. The quantitative estimate of drug-likeness (QED) is 0.850. The van der Waals surface area contributed by atoms with Crippen LogP contribution >= 0.6 is 0 Å². The molecule has 1 saturated heterocycles. The first kappa shape index (κ1) is 14.1. The molecule has 1 aliphatic rings. The molecule has 0 bridgehead atoms. The van der Waals surface area contributed by atoms with Crippen molar-refractivity contribution in [1.29, 1.82) is 0 Å². The molecule has 4 nitrogen and oxygen atoms in total. The van der Waals surface area contributed by atoms with E-state index in [9.17, 15) is 4.79 Å². The second-order valence-corrected chi connectivity index (χ2v) is 6.23. The zero-order valence-corrected chi connectivity index (χ0v) is 13.1. The molecule has 1 aliphatic heterocycles. The van der Waals surface area contributed by atoms with Gasteiger partial charge in [-0.2, -0.15) is 0 Å². The maximum atomic E-state index is 12.5. The maximum absolute atomic E-state index is 12.5. The molecule has 1 amide bonds. The summed E-state index contributed by atoms with van der Waals surface area (Å²) in [7, 11) is 0. The van der Waals surface area contributed by atoms with E-state index in [1.54, 1.807) is 6.33 Å². The van der Waals surface area contributed by atoms with Crippen molar-refractivity contribution >= 4 is 16.9 Å². The smallest absolute Gasteiger partial charge is 0.242 e. The van der Waals surface area contributed by atoms with Crippen molar-refractivity contribution in [1.82, 2.24) is 14.5 Å². The standard InChI is InChI=1S/C17H23N3O/c1-12-8-15-16(9-13(12)2)19(11-18-15)10-17(21)20-7-5-4-6-14(20)3/h8-9,11,14H,4-7,10H2,1-3H3. The van der Waals surface area contributed by atoms with E-state index in [4.69, 9.17) is 0 Å². The second kappa shape index (κ2) is 5.51. The van der Waals surface area contributed by atoms with Crippen LogP contribution in [0.2, 0.25) is 0 Å². The molecule has 1 fully saturated rings. The van der Waals surface area contributed by atoms with Gasteiger partial charge in [-0.05, 0) is 63.3 Å². The number of carbonyl (C=O) groups excluding carboxylic acids is 1. The van der Waals surface area contributed by atoms with Gasteiger partial charge in [-0.15, -0.1) is 0 Å². The van der Waals surface area contributed by atoms with Crippen molar-refractivity contribution in [2.75, 3.05) is 6.54 Å². The van der Waals surface area contributed by atoms with Crippen molar-refractivity contribution < 1.29 is 4.79 Å². The number of rotatable bonds is 2. The highest BCUT2D eigenvalue weighted by Gasteiger charge is 2.23. The topological polar surface area (TPSA) is 38.1 Å². The molecule has 3 rings (SSSR count). The SMILES string of the molecule is Cc1cc2ncn(CC(=O)N3CCCCC3C)c2cc1C. The summed E-state index contributed by atoms with van der Waals surface area (Å²) in [6, 6.07) is 4.59. The van der Waals surface area contributed by atoms with Gasteiger partial charge in [0.2, 0.25) is 5.91 Å². The summed E-state index contributed by atoms with van der Waals surface area (Å²) in [5.41, 5.74) is 4.50. The molecule has 0 radical (unpaired) electrons. The van der Waals surface area contributed by atoms with Gasteiger partial charge in [0.1, 0.15) is 6.54 Å². The van der Waals surface area contributed by atoms with E-state index < -0.39 is 0 Å². The Morgan fingerprint density at radius 2 is 2.05 bits per heavy atom. The number of nitrogens with zero attached hydrogens (tertiary/aromatic N) is 3. The van der Waals surface area contributed by atoms with Crippen molar-refractivity contribution in [3.63, 3.8) is 0 Å². The van der Waals surface area contributed by atoms with Crippen LogP contribution in [0.1, 0.15) is 37.3 Å². The third-order valence-electron chi connectivity index (χ3n) is 4.67. The summed E-state index contributed by atoms with van der Waals surface area (Å²) in [6.45, 7) is 7.62. The summed E-state index contributed by atoms with van der Waals surface area (Å²) in [6.07, 6.45) is 5.27. The summed E-state index contributed by atoms with van der Waals surface area (Å²) >= 11 is 0. The van der Waals surface area contributed by atoms with Crippen LogP contribution in [0, 0.1) is 13.8 Å². The van der Waals surface area contributed by atoms with E-state index in [2.05, 4.69) is 37.9 Å². The third kappa shape index (κ3) is 2.67. The van der Waals surface area contributed by atoms with Crippen molar-refractivity contribution in [2.24, 2.45) is 0 Å². The highest BCUT2D eigenvalue weighted by atomic mass is 16.2. The summed E-state index contributed by atoms with van der Waals surface area (Å²) < 4.78 is 1.98. The molecular formula is C17H23N3O. The van der Waals surface area contributed by atoms with Crippen LogP contribution in [-0.4, -0.2) is 32.9 Å². The Hall–Kier alpha value is -1.84. The number of benzene rings is 1. The number of carbonyl (C=O) groups is 1. The number of hydrogen-bond donors (Lipinski definition) is 0. The average molecular weight is 285 g/mol. The Kier molecular flexibility index (Phi) is 3.70. The minimum Gasteiger partial charge on any atom is -0.338 e. The van der Waals surface area contributed by atoms with Gasteiger partial charge in [0.05, 0.1) is 17.4 Å². The lowest BCUT2D eigenvalue weighted by Crippen LogP contribution is -2.43. The molecule has 21 heavy (non-hydrogen) atoms. The largest absolute Gasteiger partial charge is 0.338 e. The first-order chi connectivity index (χ1) is 10.1. The number of aromatic nitrogens is 2. The molecule has 1 aromatic carbocycles. The van der Waals surface area contributed by atoms with E-state index in [1.807, 2.05) is 9.47 Å². The van der Waals surface area contributed by atoms with E-state index in [-0.39, 0.29) is 5.91 Å². The Balaban J connectivity index is 1.84. The normalized spacial score (nSPS) is 19.2. The van der Waals surface area contributed by atoms with E-state index >= 15 is 0 Å². The predicted octanol–water partition coefficient (Wildman–Crippen LogP) is 3.05. The molecule has 1 atom stereocenters. The molecule has 4 heteroatoms. The van der Waals surface area contributed by atoms with E-state index in [0.29, 0.717) is 12.6 Å². The molecule has 112 valence electrons. The molecular weight excluding hydrogens is 262 g/mol. The van der Waals surface area contributed by atoms with Crippen molar-refractivity contribution in [2.45, 2.75) is 52.6 Å². The fourth-order valence-electron chi connectivity index (χ4n) is 3.14. The third-order valence-corrected chi connectivity index (χ3v) is 4.67. The lowest BCUT2D eigenvalue weighted by atomic mass is 10.0. The first-order valence-electron chi connectivity index (χ1n) is 7.78. The number of fused-ring (bicyclic) bond motifs is 1. The summed E-state index contributed by atoms with van der Waals surface area (Å²) in [4.78, 5) is 19.0. The van der Waals surface area contributed by atoms with Crippen LogP contribution in [0.5, 0.6) is 0 Å². The van der Waals surface area contributed by atoms with Gasteiger partial charge in [0.15, 0.2) is 0 Å². The Morgan fingerprint density at radius 1 is 1.29 bits per heavy atom. The van der Waals surface area contributed by atoms with E-state index in [1.165, 1.54) is 17.5 Å². The number of hydrogen-bond acceptors (Lipinski definition) is 2. The Morgan fingerprint density at radius 3 is 2.81 bits per heavy atom. The number of likely N-dealkylation sites (tertiary alicyclic amines) is 1. The second-order valence-electron chi connectivity index (χ2n) is 6.23.